The standard InChI is InChI=1S/C30H36ClN3O4S/c1-5-23(4)32-30(36)28(6-2)33(20-24-12-10-11-15-27(24)31)29(35)21-34(25-18-16-22(3)17-19-25)39(37,38)26-13-8-7-9-14-26/h7-19,23,28H,5-6,20-21H2,1-4H3,(H,32,36)/t23-,28+/m0/s1. The summed E-state index contributed by atoms with van der Waals surface area (Å²) in [6, 6.07) is 21.2. The van der Waals surface area contributed by atoms with E-state index in [4.69, 9.17) is 11.6 Å². The fraction of sp³-hybridized carbons (Fsp3) is 0.333. The molecule has 3 rings (SSSR count). The van der Waals surface area contributed by atoms with E-state index in [0.717, 1.165) is 16.3 Å². The first-order valence-electron chi connectivity index (χ1n) is 13.1. The van der Waals surface area contributed by atoms with Gasteiger partial charge >= 0.3 is 0 Å². The third-order valence-electron chi connectivity index (χ3n) is 6.62. The maximum absolute atomic E-state index is 14.0. The molecule has 2 atom stereocenters. The van der Waals surface area contributed by atoms with Gasteiger partial charge in [0.1, 0.15) is 12.6 Å². The predicted molar refractivity (Wildman–Crippen MR) is 156 cm³/mol. The lowest BCUT2D eigenvalue weighted by Gasteiger charge is -2.34. The van der Waals surface area contributed by atoms with Gasteiger partial charge in [0.05, 0.1) is 10.6 Å². The van der Waals surface area contributed by atoms with Crippen LogP contribution in [0, 0.1) is 6.92 Å². The Kier molecular flexibility index (Phi) is 10.5. The van der Waals surface area contributed by atoms with Crippen LogP contribution in [0.2, 0.25) is 5.02 Å². The Morgan fingerprint density at radius 3 is 2.10 bits per heavy atom. The van der Waals surface area contributed by atoms with Crippen molar-refractivity contribution in [2.75, 3.05) is 10.8 Å². The second-order valence-corrected chi connectivity index (χ2v) is 11.8. The van der Waals surface area contributed by atoms with Gasteiger partial charge in [-0.3, -0.25) is 13.9 Å². The minimum absolute atomic E-state index is 0.0536. The number of sulfonamides is 1. The normalized spacial score (nSPS) is 12.8. The van der Waals surface area contributed by atoms with Gasteiger partial charge < -0.3 is 10.2 Å². The summed E-state index contributed by atoms with van der Waals surface area (Å²) in [5.74, 6) is -0.804. The number of rotatable bonds is 12. The molecule has 0 heterocycles. The minimum atomic E-state index is -4.09. The Morgan fingerprint density at radius 1 is 0.897 bits per heavy atom. The van der Waals surface area contributed by atoms with Crippen molar-refractivity contribution < 1.29 is 18.0 Å². The average Bonchev–Trinajstić information content (AvgIpc) is 2.93. The lowest BCUT2D eigenvalue weighted by molar-refractivity contribution is -0.140. The summed E-state index contributed by atoms with van der Waals surface area (Å²) < 4.78 is 28.7. The van der Waals surface area contributed by atoms with Crippen LogP contribution < -0.4 is 9.62 Å². The maximum Gasteiger partial charge on any atom is 0.264 e. The van der Waals surface area contributed by atoms with Crippen LogP contribution >= 0.6 is 11.6 Å². The number of hydrogen-bond donors (Lipinski definition) is 1. The van der Waals surface area contributed by atoms with Crippen LogP contribution in [0.5, 0.6) is 0 Å². The zero-order valence-corrected chi connectivity index (χ0v) is 24.4. The number of aryl methyl sites for hydroxylation is 1. The predicted octanol–water partition coefficient (Wildman–Crippen LogP) is 5.57. The van der Waals surface area contributed by atoms with Gasteiger partial charge in [0.2, 0.25) is 11.8 Å². The van der Waals surface area contributed by atoms with Gasteiger partial charge in [0, 0.05) is 17.6 Å². The maximum atomic E-state index is 14.0. The van der Waals surface area contributed by atoms with E-state index in [0.29, 0.717) is 22.7 Å². The van der Waals surface area contributed by atoms with Crippen molar-refractivity contribution in [1.82, 2.24) is 10.2 Å². The SMILES string of the molecule is CC[C@H](C(=O)N[C@@H](C)CC)N(Cc1ccccc1Cl)C(=O)CN(c1ccc(C)cc1)S(=O)(=O)c1ccccc1. The molecule has 3 aromatic carbocycles. The summed E-state index contributed by atoms with van der Waals surface area (Å²) in [4.78, 5) is 28.8. The lowest BCUT2D eigenvalue weighted by Crippen LogP contribution is -2.53. The second-order valence-electron chi connectivity index (χ2n) is 9.52. The zero-order valence-electron chi connectivity index (χ0n) is 22.8. The van der Waals surface area contributed by atoms with Crippen molar-refractivity contribution in [3.8, 4) is 0 Å². The van der Waals surface area contributed by atoms with Gasteiger partial charge in [-0.05, 0) is 62.6 Å². The molecular weight excluding hydrogens is 534 g/mol. The summed E-state index contributed by atoms with van der Waals surface area (Å²) in [7, 11) is -4.09. The number of nitrogens with one attached hydrogen (secondary N) is 1. The Morgan fingerprint density at radius 2 is 1.51 bits per heavy atom. The Labute approximate surface area is 236 Å². The average molecular weight is 570 g/mol. The van der Waals surface area contributed by atoms with Crippen LogP contribution in [0.4, 0.5) is 5.69 Å². The number of benzene rings is 3. The van der Waals surface area contributed by atoms with Gasteiger partial charge in [0.15, 0.2) is 0 Å². The van der Waals surface area contributed by atoms with Crippen LogP contribution in [-0.2, 0) is 26.2 Å². The minimum Gasteiger partial charge on any atom is -0.352 e. The van der Waals surface area contributed by atoms with E-state index in [2.05, 4.69) is 5.32 Å². The quantitative estimate of drug-likeness (QED) is 0.309. The molecule has 0 aliphatic rings. The largest absolute Gasteiger partial charge is 0.352 e. The smallest absolute Gasteiger partial charge is 0.264 e. The second kappa shape index (κ2) is 13.6. The number of amides is 2. The van der Waals surface area contributed by atoms with Gasteiger partial charge in [-0.2, -0.15) is 0 Å². The molecule has 1 N–H and O–H groups in total. The molecule has 0 saturated carbocycles. The highest BCUT2D eigenvalue weighted by Gasteiger charge is 2.34. The molecular formula is C30H36ClN3O4S. The summed E-state index contributed by atoms with van der Waals surface area (Å²) in [6.45, 7) is 7.16. The molecule has 39 heavy (non-hydrogen) atoms. The molecule has 0 saturated heterocycles. The summed E-state index contributed by atoms with van der Waals surface area (Å²) >= 11 is 6.43. The topological polar surface area (TPSA) is 86.8 Å². The van der Waals surface area contributed by atoms with Gasteiger partial charge in [-0.25, -0.2) is 8.42 Å². The highest BCUT2D eigenvalue weighted by molar-refractivity contribution is 7.92. The third-order valence-corrected chi connectivity index (χ3v) is 8.77. The van der Waals surface area contributed by atoms with E-state index >= 15 is 0 Å². The first-order chi connectivity index (χ1) is 18.6. The molecule has 0 bridgehead atoms. The van der Waals surface area contributed by atoms with Crippen molar-refractivity contribution in [3.63, 3.8) is 0 Å². The Balaban J connectivity index is 2.05. The van der Waals surface area contributed by atoms with Gasteiger partial charge in [-0.1, -0.05) is 79.5 Å². The van der Waals surface area contributed by atoms with E-state index in [9.17, 15) is 18.0 Å². The van der Waals surface area contributed by atoms with Crippen molar-refractivity contribution in [1.29, 1.82) is 0 Å². The van der Waals surface area contributed by atoms with Gasteiger partial charge in [-0.15, -0.1) is 0 Å². The van der Waals surface area contributed by atoms with E-state index in [-0.39, 0.29) is 23.4 Å². The number of carbonyl (C=O) groups is 2. The molecule has 0 fully saturated rings. The molecule has 0 radical (unpaired) electrons. The van der Waals surface area contributed by atoms with E-state index in [1.165, 1.54) is 17.0 Å². The van der Waals surface area contributed by atoms with Crippen LogP contribution in [0.15, 0.2) is 83.8 Å². The first-order valence-corrected chi connectivity index (χ1v) is 14.9. The number of anilines is 1. The molecule has 208 valence electrons. The van der Waals surface area contributed by atoms with Crippen molar-refractivity contribution in [3.05, 3.63) is 95.0 Å². The molecule has 7 nitrogen and oxygen atoms in total. The fourth-order valence-electron chi connectivity index (χ4n) is 4.13. The molecule has 0 unspecified atom stereocenters. The molecule has 2 amide bonds. The molecule has 3 aromatic rings. The van der Waals surface area contributed by atoms with Crippen LogP contribution in [-0.4, -0.2) is 43.8 Å². The number of nitrogens with zero attached hydrogens (tertiary/aromatic N) is 2. The van der Waals surface area contributed by atoms with Crippen LogP contribution in [0.1, 0.15) is 44.7 Å². The third kappa shape index (κ3) is 7.61. The molecule has 0 aliphatic carbocycles. The number of halogens is 1. The number of carbonyl (C=O) groups excluding carboxylic acids is 2. The van der Waals surface area contributed by atoms with Crippen molar-refractivity contribution in [2.24, 2.45) is 0 Å². The summed E-state index contributed by atoms with van der Waals surface area (Å²) in [6.07, 6.45) is 1.07. The van der Waals surface area contributed by atoms with Crippen LogP contribution in [0.3, 0.4) is 0 Å². The summed E-state index contributed by atoms with van der Waals surface area (Å²) in [5, 5.41) is 3.42. The van der Waals surface area contributed by atoms with E-state index in [1.807, 2.05) is 33.8 Å². The van der Waals surface area contributed by atoms with Crippen molar-refractivity contribution in [2.45, 2.75) is 64.1 Å². The molecule has 0 aromatic heterocycles. The molecule has 9 heteroatoms. The Bertz CT molecular complexity index is 1360. The Hall–Kier alpha value is -3.36. The van der Waals surface area contributed by atoms with Gasteiger partial charge in [0.25, 0.3) is 10.0 Å². The molecule has 0 spiro atoms. The monoisotopic (exact) mass is 569 g/mol. The lowest BCUT2D eigenvalue weighted by atomic mass is 10.1. The zero-order chi connectivity index (χ0) is 28.6. The van der Waals surface area contributed by atoms with E-state index < -0.39 is 28.5 Å². The highest BCUT2D eigenvalue weighted by atomic mass is 35.5. The first kappa shape index (κ1) is 30.2. The summed E-state index contributed by atoms with van der Waals surface area (Å²) in [5.41, 5.74) is 1.97. The van der Waals surface area contributed by atoms with Crippen LogP contribution in [0.25, 0.3) is 0 Å². The fourth-order valence-corrected chi connectivity index (χ4v) is 5.76. The number of hydrogen-bond acceptors (Lipinski definition) is 4. The van der Waals surface area contributed by atoms with E-state index in [1.54, 1.807) is 60.7 Å². The molecule has 0 aliphatic heterocycles. The highest BCUT2D eigenvalue weighted by Crippen LogP contribution is 2.26. The van der Waals surface area contributed by atoms with Crippen molar-refractivity contribution >= 4 is 39.1 Å².